The Morgan fingerprint density at radius 1 is 1.04 bits per heavy atom. The fourth-order valence-corrected chi connectivity index (χ4v) is 3.36. The van der Waals surface area contributed by atoms with Gasteiger partial charge in [-0.2, -0.15) is 0 Å². The molecule has 0 aliphatic carbocycles. The number of nitrogens with zero attached hydrogens (tertiary/aromatic N) is 3. The first-order valence-corrected chi connectivity index (χ1v) is 10.0. The number of anilines is 1. The van der Waals surface area contributed by atoms with Crippen LogP contribution >= 0.6 is 0 Å². The highest BCUT2D eigenvalue weighted by Gasteiger charge is 2.18. The molecule has 1 aliphatic rings. The highest BCUT2D eigenvalue weighted by atomic mass is 16.1. The Morgan fingerprint density at radius 3 is 2.48 bits per heavy atom. The van der Waals surface area contributed by atoms with E-state index < -0.39 is 0 Å². The van der Waals surface area contributed by atoms with Crippen molar-refractivity contribution < 1.29 is 4.79 Å². The predicted octanol–water partition coefficient (Wildman–Crippen LogP) is 3.32. The smallest absolute Gasteiger partial charge is 0.252 e. The third kappa shape index (κ3) is 5.79. The molecule has 1 aliphatic heterocycles. The maximum Gasteiger partial charge on any atom is 0.252 e. The van der Waals surface area contributed by atoms with Crippen molar-refractivity contribution in [1.29, 1.82) is 0 Å². The van der Waals surface area contributed by atoms with Gasteiger partial charge in [0.25, 0.3) is 5.91 Å². The van der Waals surface area contributed by atoms with Crippen LogP contribution in [0.3, 0.4) is 0 Å². The van der Waals surface area contributed by atoms with Gasteiger partial charge in [0.2, 0.25) is 0 Å². The van der Waals surface area contributed by atoms with Crippen molar-refractivity contribution in [2.24, 2.45) is 0 Å². The first kappa shape index (κ1) is 19.4. The Bertz CT molecular complexity index is 694. The molecule has 2 heterocycles. The molecule has 144 valence electrons. The number of piperazine rings is 1. The van der Waals surface area contributed by atoms with Crippen LogP contribution in [0.5, 0.6) is 0 Å². The summed E-state index contributed by atoms with van der Waals surface area (Å²) in [5.41, 5.74) is 2.00. The molecule has 1 aromatic carbocycles. The standard InChI is InChI=1S/C22H30N4O/c1-2-3-7-12-23-22(27)20-10-11-21(24-17-20)26-15-13-25(14-16-26)18-19-8-5-4-6-9-19/h4-6,8-11,17H,2-3,7,12-16,18H2,1H3,(H,23,27). The molecule has 2 aromatic rings. The molecule has 1 saturated heterocycles. The molecule has 5 heteroatoms. The summed E-state index contributed by atoms with van der Waals surface area (Å²) in [6.45, 7) is 7.86. The van der Waals surface area contributed by atoms with Gasteiger partial charge < -0.3 is 10.2 Å². The number of amides is 1. The summed E-state index contributed by atoms with van der Waals surface area (Å²) in [6, 6.07) is 14.5. The van der Waals surface area contributed by atoms with Crippen LogP contribution in [-0.2, 0) is 6.54 Å². The van der Waals surface area contributed by atoms with Crippen LogP contribution in [0.1, 0.15) is 42.1 Å². The van der Waals surface area contributed by atoms with Crippen molar-refractivity contribution in [1.82, 2.24) is 15.2 Å². The van der Waals surface area contributed by atoms with Gasteiger partial charge in [-0.3, -0.25) is 9.69 Å². The van der Waals surface area contributed by atoms with Gasteiger partial charge in [-0.15, -0.1) is 0 Å². The largest absolute Gasteiger partial charge is 0.354 e. The molecule has 0 saturated carbocycles. The second kappa shape index (κ2) is 10.1. The molecule has 1 amide bonds. The zero-order chi connectivity index (χ0) is 18.9. The van der Waals surface area contributed by atoms with Gasteiger partial charge in [0.15, 0.2) is 0 Å². The van der Waals surface area contributed by atoms with Gasteiger partial charge in [0.1, 0.15) is 5.82 Å². The zero-order valence-corrected chi connectivity index (χ0v) is 16.2. The summed E-state index contributed by atoms with van der Waals surface area (Å²) in [6.07, 6.45) is 5.03. The lowest BCUT2D eigenvalue weighted by Crippen LogP contribution is -2.46. The van der Waals surface area contributed by atoms with Crippen molar-refractivity contribution in [3.05, 3.63) is 59.8 Å². The third-order valence-corrected chi connectivity index (χ3v) is 5.02. The molecule has 3 rings (SSSR count). The van der Waals surface area contributed by atoms with Crippen LogP contribution in [-0.4, -0.2) is 48.5 Å². The predicted molar refractivity (Wildman–Crippen MR) is 110 cm³/mol. The second-order valence-corrected chi connectivity index (χ2v) is 7.12. The second-order valence-electron chi connectivity index (χ2n) is 7.12. The van der Waals surface area contributed by atoms with Crippen molar-refractivity contribution in [2.75, 3.05) is 37.6 Å². The van der Waals surface area contributed by atoms with Gasteiger partial charge >= 0.3 is 0 Å². The van der Waals surface area contributed by atoms with Crippen molar-refractivity contribution >= 4 is 11.7 Å². The SMILES string of the molecule is CCCCCNC(=O)c1ccc(N2CCN(Cc3ccccc3)CC2)nc1. The monoisotopic (exact) mass is 366 g/mol. The molecule has 1 fully saturated rings. The Kier molecular flexibility index (Phi) is 7.22. The van der Waals surface area contributed by atoms with E-state index in [2.05, 4.69) is 57.4 Å². The number of carbonyl (C=O) groups is 1. The molecule has 27 heavy (non-hydrogen) atoms. The first-order valence-electron chi connectivity index (χ1n) is 10.0. The highest BCUT2D eigenvalue weighted by Crippen LogP contribution is 2.15. The molecule has 0 bridgehead atoms. The van der Waals surface area contributed by atoms with Gasteiger partial charge in [0, 0.05) is 45.5 Å². The Balaban J connectivity index is 1.46. The fraction of sp³-hybridized carbons (Fsp3) is 0.455. The van der Waals surface area contributed by atoms with Crippen LogP contribution in [0.15, 0.2) is 48.7 Å². The minimum atomic E-state index is -0.0298. The molecule has 0 spiro atoms. The third-order valence-electron chi connectivity index (χ3n) is 5.02. The molecule has 5 nitrogen and oxygen atoms in total. The number of carbonyl (C=O) groups excluding carboxylic acids is 1. The molecule has 0 radical (unpaired) electrons. The number of pyridine rings is 1. The zero-order valence-electron chi connectivity index (χ0n) is 16.2. The maximum atomic E-state index is 12.1. The summed E-state index contributed by atoms with van der Waals surface area (Å²) in [5.74, 6) is 0.926. The van der Waals surface area contributed by atoms with E-state index in [4.69, 9.17) is 0 Å². The number of hydrogen-bond acceptors (Lipinski definition) is 4. The summed E-state index contributed by atoms with van der Waals surface area (Å²) in [4.78, 5) is 21.4. The lowest BCUT2D eigenvalue weighted by Gasteiger charge is -2.35. The summed E-state index contributed by atoms with van der Waals surface area (Å²) in [7, 11) is 0. The van der Waals surface area contributed by atoms with Crippen molar-refractivity contribution in [2.45, 2.75) is 32.7 Å². The van der Waals surface area contributed by atoms with Gasteiger partial charge in [-0.05, 0) is 24.1 Å². The van der Waals surface area contributed by atoms with E-state index in [0.717, 1.165) is 64.3 Å². The van der Waals surface area contributed by atoms with Gasteiger partial charge in [-0.1, -0.05) is 50.1 Å². The van der Waals surface area contributed by atoms with Crippen LogP contribution in [0.4, 0.5) is 5.82 Å². The minimum absolute atomic E-state index is 0.0298. The van der Waals surface area contributed by atoms with Crippen LogP contribution in [0.2, 0.25) is 0 Å². The van der Waals surface area contributed by atoms with Crippen LogP contribution in [0.25, 0.3) is 0 Å². The van der Waals surface area contributed by atoms with E-state index in [1.165, 1.54) is 5.56 Å². The van der Waals surface area contributed by atoms with E-state index in [0.29, 0.717) is 5.56 Å². The summed E-state index contributed by atoms with van der Waals surface area (Å²) in [5, 5.41) is 2.96. The summed E-state index contributed by atoms with van der Waals surface area (Å²) < 4.78 is 0. The number of aromatic nitrogens is 1. The van der Waals surface area contributed by atoms with Gasteiger partial charge in [0.05, 0.1) is 5.56 Å². The molecular weight excluding hydrogens is 336 g/mol. The molecule has 1 aromatic heterocycles. The van der Waals surface area contributed by atoms with E-state index in [9.17, 15) is 4.79 Å². The molecule has 0 atom stereocenters. The fourth-order valence-electron chi connectivity index (χ4n) is 3.36. The molecular formula is C22H30N4O. The van der Waals surface area contributed by atoms with Gasteiger partial charge in [-0.25, -0.2) is 4.98 Å². The summed E-state index contributed by atoms with van der Waals surface area (Å²) >= 11 is 0. The average Bonchev–Trinajstić information content (AvgIpc) is 2.72. The number of benzene rings is 1. The number of nitrogens with one attached hydrogen (secondary N) is 1. The average molecular weight is 367 g/mol. The van der Waals surface area contributed by atoms with Crippen LogP contribution < -0.4 is 10.2 Å². The molecule has 0 unspecified atom stereocenters. The lowest BCUT2D eigenvalue weighted by atomic mass is 10.2. The Hall–Kier alpha value is -2.40. The van der Waals surface area contributed by atoms with Crippen molar-refractivity contribution in [3.8, 4) is 0 Å². The van der Waals surface area contributed by atoms with Crippen LogP contribution in [0, 0.1) is 0 Å². The van der Waals surface area contributed by atoms with E-state index >= 15 is 0 Å². The minimum Gasteiger partial charge on any atom is -0.354 e. The first-order chi connectivity index (χ1) is 13.3. The topological polar surface area (TPSA) is 48.5 Å². The quantitative estimate of drug-likeness (QED) is 0.728. The number of hydrogen-bond donors (Lipinski definition) is 1. The lowest BCUT2D eigenvalue weighted by molar-refractivity contribution is 0.0952. The number of rotatable bonds is 8. The Morgan fingerprint density at radius 2 is 1.81 bits per heavy atom. The van der Waals surface area contributed by atoms with E-state index in [-0.39, 0.29) is 5.91 Å². The molecule has 1 N–H and O–H groups in total. The Labute approximate surface area is 162 Å². The highest BCUT2D eigenvalue weighted by molar-refractivity contribution is 5.94. The maximum absolute atomic E-state index is 12.1. The van der Waals surface area contributed by atoms with Crippen molar-refractivity contribution in [3.63, 3.8) is 0 Å². The van der Waals surface area contributed by atoms with E-state index in [1.807, 2.05) is 12.1 Å². The van der Waals surface area contributed by atoms with E-state index in [1.54, 1.807) is 6.20 Å². The number of unbranched alkanes of at least 4 members (excludes halogenated alkanes) is 2. The normalized spacial score (nSPS) is 14.9.